The van der Waals surface area contributed by atoms with Gasteiger partial charge in [-0.2, -0.15) is 0 Å². The Bertz CT molecular complexity index is 476. The third-order valence-electron chi connectivity index (χ3n) is 3.68. The zero-order chi connectivity index (χ0) is 15.5. The predicted molar refractivity (Wildman–Crippen MR) is 82.1 cm³/mol. The zero-order valence-electron chi connectivity index (χ0n) is 12.9. The van der Waals surface area contributed by atoms with Crippen molar-refractivity contribution in [2.75, 3.05) is 25.0 Å². The van der Waals surface area contributed by atoms with Gasteiger partial charge >= 0.3 is 0 Å². The van der Waals surface area contributed by atoms with Gasteiger partial charge in [0.05, 0.1) is 24.4 Å². The second-order valence-corrected chi connectivity index (χ2v) is 6.14. The first kappa shape index (κ1) is 15.9. The molecule has 1 heterocycles. The highest BCUT2D eigenvalue weighted by Gasteiger charge is 2.36. The lowest BCUT2D eigenvalue weighted by Crippen LogP contribution is -2.58. The van der Waals surface area contributed by atoms with Crippen molar-refractivity contribution < 1.29 is 14.6 Å². The Morgan fingerprint density at radius 2 is 2.14 bits per heavy atom. The lowest BCUT2D eigenvalue weighted by atomic mass is 10.0. The number of aliphatic hydroxyl groups excluding tert-OH is 1. The van der Waals surface area contributed by atoms with Crippen molar-refractivity contribution >= 4 is 11.6 Å². The van der Waals surface area contributed by atoms with E-state index in [-0.39, 0.29) is 30.3 Å². The summed E-state index contributed by atoms with van der Waals surface area (Å²) in [6.07, 6.45) is -0.249. The molecular weight excluding hydrogens is 268 g/mol. The fourth-order valence-electron chi connectivity index (χ4n) is 2.66. The Kier molecular flexibility index (Phi) is 4.98. The number of nitrogens with one attached hydrogen (secondary N) is 1. The Morgan fingerprint density at radius 3 is 2.76 bits per heavy atom. The molecule has 0 aliphatic carbocycles. The SMILES string of the molecule is CC(C(=O)Nc1ccccc1)N1CC(CO)OC(C)(C)C1. The number of hydrogen-bond donors (Lipinski definition) is 2. The molecule has 2 atom stereocenters. The fourth-order valence-corrected chi connectivity index (χ4v) is 2.66. The van der Waals surface area contributed by atoms with Gasteiger partial charge in [0.15, 0.2) is 0 Å². The standard InChI is InChI=1S/C16H24N2O3/c1-12(15(20)17-13-7-5-4-6-8-13)18-9-14(10-19)21-16(2,3)11-18/h4-8,12,14,19H,9-11H2,1-3H3,(H,17,20). The van der Waals surface area contributed by atoms with Crippen LogP contribution in [0.15, 0.2) is 30.3 Å². The van der Waals surface area contributed by atoms with E-state index in [1.807, 2.05) is 51.1 Å². The number of amides is 1. The van der Waals surface area contributed by atoms with E-state index in [0.29, 0.717) is 13.1 Å². The van der Waals surface area contributed by atoms with Crippen LogP contribution < -0.4 is 5.32 Å². The number of carbonyl (C=O) groups excluding carboxylic acids is 1. The first-order chi connectivity index (χ1) is 9.91. The van der Waals surface area contributed by atoms with Gasteiger partial charge in [-0.05, 0) is 32.9 Å². The van der Waals surface area contributed by atoms with Crippen molar-refractivity contribution in [2.24, 2.45) is 0 Å². The van der Waals surface area contributed by atoms with Crippen LogP contribution in [0.1, 0.15) is 20.8 Å². The second-order valence-electron chi connectivity index (χ2n) is 6.14. The van der Waals surface area contributed by atoms with Crippen LogP contribution in [0.3, 0.4) is 0 Å². The van der Waals surface area contributed by atoms with Gasteiger partial charge < -0.3 is 15.2 Å². The van der Waals surface area contributed by atoms with Gasteiger partial charge in [0.25, 0.3) is 0 Å². The highest BCUT2D eigenvalue weighted by Crippen LogP contribution is 2.23. The number of rotatable bonds is 4. The summed E-state index contributed by atoms with van der Waals surface area (Å²) in [6.45, 7) is 7.02. The molecule has 1 aromatic rings. The van der Waals surface area contributed by atoms with Crippen molar-refractivity contribution in [1.29, 1.82) is 0 Å². The summed E-state index contributed by atoms with van der Waals surface area (Å²) in [4.78, 5) is 14.4. The molecule has 116 valence electrons. The molecule has 0 aromatic heterocycles. The molecule has 0 radical (unpaired) electrons. The summed E-state index contributed by atoms with van der Waals surface area (Å²) in [6, 6.07) is 9.15. The smallest absolute Gasteiger partial charge is 0.241 e. The van der Waals surface area contributed by atoms with E-state index in [4.69, 9.17) is 4.74 Å². The Balaban J connectivity index is 2.01. The Hall–Kier alpha value is -1.43. The predicted octanol–water partition coefficient (Wildman–Crippen LogP) is 1.49. The highest BCUT2D eigenvalue weighted by molar-refractivity contribution is 5.94. The number of ether oxygens (including phenoxy) is 1. The van der Waals surface area contributed by atoms with E-state index in [2.05, 4.69) is 10.2 Å². The van der Waals surface area contributed by atoms with Crippen LogP contribution in [0.4, 0.5) is 5.69 Å². The summed E-state index contributed by atoms with van der Waals surface area (Å²) in [5, 5.41) is 12.3. The molecular formula is C16H24N2O3. The van der Waals surface area contributed by atoms with E-state index in [1.165, 1.54) is 0 Å². The number of nitrogens with zero attached hydrogens (tertiary/aromatic N) is 1. The average Bonchev–Trinajstić information content (AvgIpc) is 2.45. The lowest BCUT2D eigenvalue weighted by molar-refractivity contribution is -0.159. The maximum absolute atomic E-state index is 12.4. The molecule has 1 aliphatic heterocycles. The number of anilines is 1. The van der Waals surface area contributed by atoms with Gasteiger partial charge in [-0.25, -0.2) is 0 Å². The van der Waals surface area contributed by atoms with Crippen LogP contribution in [0.2, 0.25) is 0 Å². The number of hydrogen-bond acceptors (Lipinski definition) is 4. The van der Waals surface area contributed by atoms with Crippen LogP contribution in [-0.4, -0.2) is 53.4 Å². The molecule has 1 aromatic carbocycles. The van der Waals surface area contributed by atoms with Gasteiger partial charge in [-0.15, -0.1) is 0 Å². The maximum atomic E-state index is 12.4. The number of para-hydroxylation sites is 1. The van der Waals surface area contributed by atoms with E-state index in [1.54, 1.807) is 0 Å². The van der Waals surface area contributed by atoms with Crippen LogP contribution in [-0.2, 0) is 9.53 Å². The molecule has 2 unspecified atom stereocenters. The third kappa shape index (κ3) is 4.27. The normalized spacial score (nSPS) is 23.5. The molecule has 1 fully saturated rings. The molecule has 2 N–H and O–H groups in total. The Morgan fingerprint density at radius 1 is 1.48 bits per heavy atom. The summed E-state index contributed by atoms with van der Waals surface area (Å²) in [5.41, 5.74) is 0.424. The zero-order valence-corrected chi connectivity index (χ0v) is 12.9. The van der Waals surface area contributed by atoms with Gasteiger partial charge in [-0.3, -0.25) is 9.69 Å². The third-order valence-corrected chi connectivity index (χ3v) is 3.68. The van der Waals surface area contributed by atoms with Crippen molar-refractivity contribution in [2.45, 2.75) is 38.5 Å². The Labute approximate surface area is 125 Å². The lowest BCUT2D eigenvalue weighted by Gasteiger charge is -2.44. The van der Waals surface area contributed by atoms with Gasteiger partial charge in [0, 0.05) is 18.8 Å². The minimum atomic E-state index is -0.368. The molecule has 0 bridgehead atoms. The van der Waals surface area contributed by atoms with E-state index in [9.17, 15) is 9.90 Å². The van der Waals surface area contributed by atoms with Crippen LogP contribution in [0, 0.1) is 0 Å². The van der Waals surface area contributed by atoms with Gasteiger partial charge in [-0.1, -0.05) is 18.2 Å². The second kappa shape index (κ2) is 6.56. The number of aliphatic hydroxyl groups is 1. The fraction of sp³-hybridized carbons (Fsp3) is 0.562. The molecule has 1 saturated heterocycles. The summed E-state index contributed by atoms with van der Waals surface area (Å²) < 4.78 is 5.78. The largest absolute Gasteiger partial charge is 0.394 e. The molecule has 5 heteroatoms. The molecule has 5 nitrogen and oxygen atoms in total. The quantitative estimate of drug-likeness (QED) is 0.882. The molecule has 0 saturated carbocycles. The number of carbonyl (C=O) groups is 1. The monoisotopic (exact) mass is 292 g/mol. The summed E-state index contributed by atoms with van der Waals surface area (Å²) >= 11 is 0. The minimum absolute atomic E-state index is 0.0348. The van der Waals surface area contributed by atoms with E-state index < -0.39 is 0 Å². The van der Waals surface area contributed by atoms with Gasteiger partial charge in [0.1, 0.15) is 0 Å². The van der Waals surface area contributed by atoms with Gasteiger partial charge in [0.2, 0.25) is 5.91 Å². The van der Waals surface area contributed by atoms with E-state index >= 15 is 0 Å². The molecule has 2 rings (SSSR count). The highest BCUT2D eigenvalue weighted by atomic mass is 16.5. The average molecular weight is 292 g/mol. The summed E-state index contributed by atoms with van der Waals surface area (Å²) in [7, 11) is 0. The van der Waals surface area contributed by atoms with Crippen molar-refractivity contribution in [3.63, 3.8) is 0 Å². The molecule has 21 heavy (non-hydrogen) atoms. The first-order valence-electron chi connectivity index (χ1n) is 7.30. The molecule has 0 spiro atoms. The van der Waals surface area contributed by atoms with Crippen molar-refractivity contribution in [1.82, 2.24) is 4.90 Å². The summed E-state index contributed by atoms with van der Waals surface area (Å²) in [5.74, 6) is -0.0458. The topological polar surface area (TPSA) is 61.8 Å². The van der Waals surface area contributed by atoms with Crippen LogP contribution in [0.5, 0.6) is 0 Å². The van der Waals surface area contributed by atoms with Crippen LogP contribution >= 0.6 is 0 Å². The number of benzene rings is 1. The van der Waals surface area contributed by atoms with Crippen molar-refractivity contribution in [3.05, 3.63) is 30.3 Å². The van der Waals surface area contributed by atoms with E-state index in [0.717, 1.165) is 5.69 Å². The van der Waals surface area contributed by atoms with Crippen LogP contribution in [0.25, 0.3) is 0 Å². The molecule has 1 aliphatic rings. The maximum Gasteiger partial charge on any atom is 0.241 e. The molecule has 1 amide bonds. The number of morpholine rings is 1. The minimum Gasteiger partial charge on any atom is -0.394 e. The first-order valence-corrected chi connectivity index (χ1v) is 7.30. The van der Waals surface area contributed by atoms with Crippen molar-refractivity contribution in [3.8, 4) is 0 Å².